The summed E-state index contributed by atoms with van der Waals surface area (Å²) in [5.74, 6) is -2.51. The van der Waals surface area contributed by atoms with Crippen LogP contribution in [-0.2, 0) is 42.4 Å². The number of likely N-dealkylation sites (N-methyl/N-ethyl adjacent to an activating group) is 2. The van der Waals surface area contributed by atoms with E-state index in [0.29, 0.717) is 44.6 Å². The lowest BCUT2D eigenvalue weighted by atomic mass is 9.78. The molecule has 2 N–H and O–H groups in total. The summed E-state index contributed by atoms with van der Waals surface area (Å²) >= 11 is 0. The van der Waals surface area contributed by atoms with Crippen LogP contribution in [0.3, 0.4) is 0 Å². The van der Waals surface area contributed by atoms with E-state index in [1.807, 2.05) is 39.8 Å². The van der Waals surface area contributed by atoms with Crippen LogP contribution in [0.2, 0.25) is 12.1 Å². The Bertz CT molecular complexity index is 2190. The van der Waals surface area contributed by atoms with Gasteiger partial charge in [0, 0.05) is 59.4 Å². The number of rotatable bonds is 13. The number of hydrogen-bond acceptors (Lipinski definition) is 9. The molecule has 3 aromatic carbocycles. The highest BCUT2D eigenvalue weighted by atomic mass is 28.3. The van der Waals surface area contributed by atoms with Gasteiger partial charge in [0.05, 0.1) is 17.9 Å². The minimum absolute atomic E-state index is 0.212. The van der Waals surface area contributed by atoms with Crippen LogP contribution in [0.1, 0.15) is 95.5 Å². The molecule has 1 fully saturated rings. The van der Waals surface area contributed by atoms with Crippen molar-refractivity contribution in [3.63, 3.8) is 0 Å². The molecule has 8 rings (SSSR count). The normalized spacial score (nSPS) is 21.2. The largest absolute Gasteiger partial charge is 0.441 e. The predicted molar refractivity (Wildman–Crippen MR) is 224 cm³/mol. The van der Waals surface area contributed by atoms with Gasteiger partial charge in [-0.05, 0) is 71.9 Å². The van der Waals surface area contributed by atoms with Crippen molar-refractivity contribution >= 4 is 54.0 Å². The van der Waals surface area contributed by atoms with Gasteiger partial charge < -0.3 is 10.5 Å². The van der Waals surface area contributed by atoms with Gasteiger partial charge in [0.2, 0.25) is 5.91 Å². The number of fused-ring (bicyclic) bond motifs is 8. The molecule has 5 aliphatic rings. The van der Waals surface area contributed by atoms with Crippen molar-refractivity contribution in [1.29, 1.82) is 0 Å². The number of carbonyl (C=O) groups excluding carboxylic acids is 6. The Kier molecular flexibility index (Phi) is 10.6. The minimum atomic E-state index is -2.66. The zero-order valence-corrected chi connectivity index (χ0v) is 35.2. The van der Waals surface area contributed by atoms with Crippen LogP contribution < -0.4 is 16.1 Å². The standard InChI is InChI=1S/C46H51N5O7Si/c1-5-48(6-2)38(50-40(52)18-19-41(50)53)26-29-12-15-34-36(24-29)59(22-10-9-11-23-59)37-25-30(27-39(49(7-3)8-4)51-42(54)20-21-43(51)55)13-16-35(37)46(34)33-17-14-31(44(47)56)28-32(33)45(57)58-46/h12-21,24-25,28,38-39H,5-11,22-23,26-27H2,1-4H3,(H2,47,56). The number of hydrogen-bond donors (Lipinski definition) is 1. The van der Waals surface area contributed by atoms with E-state index in [-0.39, 0.29) is 34.8 Å². The van der Waals surface area contributed by atoms with Gasteiger partial charge in [-0.1, -0.05) is 89.4 Å². The van der Waals surface area contributed by atoms with Crippen molar-refractivity contribution in [2.45, 2.75) is 89.8 Å². The quantitative estimate of drug-likeness (QED) is 0.155. The van der Waals surface area contributed by atoms with E-state index >= 15 is 0 Å². The zero-order valence-electron chi connectivity index (χ0n) is 34.2. The van der Waals surface area contributed by atoms with Gasteiger partial charge in [0.25, 0.3) is 23.6 Å². The number of benzene rings is 3. The van der Waals surface area contributed by atoms with Crippen LogP contribution in [0.25, 0.3) is 0 Å². The van der Waals surface area contributed by atoms with Gasteiger partial charge in [-0.15, -0.1) is 0 Å². The molecule has 3 aromatic rings. The Hall–Kier alpha value is -5.50. The summed E-state index contributed by atoms with van der Waals surface area (Å²) in [4.78, 5) is 85.9. The highest BCUT2D eigenvalue weighted by Crippen LogP contribution is 2.51. The Morgan fingerprint density at radius 1 is 0.661 bits per heavy atom. The molecule has 0 radical (unpaired) electrons. The van der Waals surface area contributed by atoms with Crippen LogP contribution in [0.5, 0.6) is 0 Å². The number of nitrogens with zero attached hydrogens (tertiary/aromatic N) is 4. The van der Waals surface area contributed by atoms with E-state index in [1.54, 1.807) is 12.1 Å². The van der Waals surface area contributed by atoms with Crippen molar-refractivity contribution in [2.24, 2.45) is 5.73 Å². The third-order valence-corrected chi connectivity index (χ3v) is 18.7. The number of imide groups is 2. The lowest BCUT2D eigenvalue weighted by Gasteiger charge is -2.48. The second-order valence-electron chi connectivity index (χ2n) is 16.2. The van der Waals surface area contributed by atoms with Gasteiger partial charge >= 0.3 is 5.97 Å². The summed E-state index contributed by atoms with van der Waals surface area (Å²) in [5.41, 5.74) is 9.22. The molecule has 5 heterocycles. The maximum atomic E-state index is 14.1. The number of carbonyl (C=O) groups is 6. The van der Waals surface area contributed by atoms with Gasteiger partial charge in [-0.2, -0.15) is 0 Å². The highest BCUT2D eigenvalue weighted by molar-refractivity contribution is 7.03. The summed E-state index contributed by atoms with van der Waals surface area (Å²) in [6, 6.07) is 19.7. The molecule has 5 amide bonds. The molecule has 0 aromatic heterocycles. The molecular formula is C46H51N5O7Si. The number of primary amides is 1. The Labute approximate surface area is 345 Å². The van der Waals surface area contributed by atoms with Crippen molar-refractivity contribution in [2.75, 3.05) is 26.2 Å². The predicted octanol–water partition coefficient (Wildman–Crippen LogP) is 3.58. The van der Waals surface area contributed by atoms with Crippen molar-refractivity contribution in [1.82, 2.24) is 19.6 Å². The molecule has 0 aliphatic carbocycles. The molecule has 0 saturated carbocycles. The van der Waals surface area contributed by atoms with Gasteiger partial charge in [0.15, 0.2) is 5.60 Å². The second-order valence-corrected chi connectivity index (χ2v) is 20.4. The van der Waals surface area contributed by atoms with Crippen LogP contribution in [0.15, 0.2) is 78.9 Å². The zero-order chi connectivity index (χ0) is 41.8. The number of nitrogens with two attached hydrogens (primary N) is 1. The summed E-state index contributed by atoms with van der Waals surface area (Å²) < 4.78 is 6.69. The first-order chi connectivity index (χ1) is 28.4. The van der Waals surface area contributed by atoms with E-state index in [0.717, 1.165) is 64.0 Å². The monoisotopic (exact) mass is 813 g/mol. The van der Waals surface area contributed by atoms with Crippen LogP contribution in [0.4, 0.5) is 0 Å². The molecule has 2 spiro atoms. The summed E-state index contributed by atoms with van der Waals surface area (Å²) in [6.45, 7) is 10.7. The summed E-state index contributed by atoms with van der Waals surface area (Å²) in [6.07, 6.45) is 8.31. The molecule has 13 heteroatoms. The summed E-state index contributed by atoms with van der Waals surface area (Å²) in [5, 5.41) is 2.31. The fourth-order valence-corrected chi connectivity index (χ4v) is 16.3. The lowest BCUT2D eigenvalue weighted by molar-refractivity contribution is -0.145. The number of ether oxygens (including phenoxy) is 1. The van der Waals surface area contributed by atoms with Crippen molar-refractivity contribution in [3.8, 4) is 0 Å². The van der Waals surface area contributed by atoms with Crippen LogP contribution in [0, 0.1) is 0 Å². The molecule has 0 bridgehead atoms. The van der Waals surface area contributed by atoms with Crippen molar-refractivity contribution in [3.05, 3.63) is 118 Å². The van der Waals surface area contributed by atoms with Gasteiger partial charge in [-0.25, -0.2) is 4.79 Å². The number of esters is 1. The molecule has 306 valence electrons. The average Bonchev–Trinajstić information content (AvgIpc) is 3.87. The van der Waals surface area contributed by atoms with E-state index in [1.165, 1.54) is 40.2 Å². The first kappa shape index (κ1) is 40.3. The van der Waals surface area contributed by atoms with E-state index < -0.39 is 37.9 Å². The van der Waals surface area contributed by atoms with Crippen molar-refractivity contribution < 1.29 is 33.5 Å². The second kappa shape index (κ2) is 15.6. The smallest absolute Gasteiger partial charge is 0.340 e. The molecular weight excluding hydrogens is 763 g/mol. The Morgan fingerprint density at radius 2 is 1.10 bits per heavy atom. The first-order valence-electron chi connectivity index (χ1n) is 21.0. The molecule has 1 saturated heterocycles. The lowest BCUT2D eigenvalue weighted by Crippen LogP contribution is -2.67. The Morgan fingerprint density at radius 3 is 1.53 bits per heavy atom. The van der Waals surface area contributed by atoms with E-state index in [4.69, 9.17) is 10.5 Å². The fourth-order valence-electron chi connectivity index (χ4n) is 10.5. The Balaban J connectivity index is 1.34. The first-order valence-corrected chi connectivity index (χ1v) is 23.4. The topological polar surface area (TPSA) is 151 Å². The van der Waals surface area contributed by atoms with Crippen LogP contribution in [-0.4, -0.2) is 102 Å². The fraction of sp³-hybridized carbons (Fsp3) is 0.391. The average molecular weight is 814 g/mol. The number of amides is 5. The van der Waals surface area contributed by atoms with Gasteiger partial charge in [-0.3, -0.25) is 43.6 Å². The third-order valence-electron chi connectivity index (χ3n) is 13.4. The molecule has 5 aliphatic heterocycles. The summed E-state index contributed by atoms with van der Waals surface area (Å²) in [7, 11) is -2.66. The molecule has 2 atom stereocenters. The third kappa shape index (κ3) is 6.41. The minimum Gasteiger partial charge on any atom is -0.441 e. The molecule has 12 nitrogen and oxygen atoms in total. The van der Waals surface area contributed by atoms with Gasteiger partial charge in [0.1, 0.15) is 8.07 Å². The van der Waals surface area contributed by atoms with E-state index in [9.17, 15) is 28.8 Å². The van der Waals surface area contributed by atoms with Crippen LogP contribution >= 0.6 is 0 Å². The maximum absolute atomic E-state index is 14.1. The SMILES string of the molecule is CCN(CC)C(Cc1ccc2c(c1)[Si]1(CCCCC1)c1cc(CC(N(CC)CC)N3C(=O)C=CC3=O)ccc1C21OC(=O)c2cc(C(N)=O)ccc21)N1C(=O)C=CC1=O. The molecule has 2 unspecified atom stereocenters. The van der Waals surface area contributed by atoms with E-state index in [2.05, 4.69) is 34.1 Å². The molecule has 59 heavy (non-hydrogen) atoms. The highest BCUT2D eigenvalue weighted by Gasteiger charge is 2.58. The maximum Gasteiger partial charge on any atom is 0.340 e.